The molecule has 5 rings (SSSR count). The molecule has 1 amide bonds. The van der Waals surface area contributed by atoms with Crippen LogP contribution >= 0.6 is 0 Å². The summed E-state index contributed by atoms with van der Waals surface area (Å²) in [6.07, 6.45) is 1.99. The molecule has 0 spiro atoms. The molecule has 0 radical (unpaired) electrons. The van der Waals surface area contributed by atoms with Crippen molar-refractivity contribution in [3.05, 3.63) is 40.2 Å². The summed E-state index contributed by atoms with van der Waals surface area (Å²) in [7, 11) is 1.55. The highest BCUT2D eigenvalue weighted by Crippen LogP contribution is 2.37. The standard InChI is InChI=1S/C22H24N6O6/c1-12(29)33-11-16-9-10-17(34-16)28-22(31)19-18(24-26-28)20(25-27(19)14-5-6-14)23-21(30)13-3-7-15(32-2)8-4-13/h3-4,7-8,14,16-17H,5-6,9-11H2,1-2H3,(H,23,25,30). The van der Waals surface area contributed by atoms with Gasteiger partial charge in [-0.25, -0.2) is 0 Å². The number of benzene rings is 1. The minimum absolute atomic E-state index is 0.0701. The van der Waals surface area contributed by atoms with E-state index in [9.17, 15) is 14.4 Å². The van der Waals surface area contributed by atoms with Crippen molar-refractivity contribution in [3.8, 4) is 5.75 Å². The van der Waals surface area contributed by atoms with Crippen LogP contribution in [0.2, 0.25) is 0 Å². The van der Waals surface area contributed by atoms with E-state index >= 15 is 0 Å². The lowest BCUT2D eigenvalue weighted by molar-refractivity contribution is -0.145. The first-order chi connectivity index (χ1) is 16.4. The van der Waals surface area contributed by atoms with Crippen molar-refractivity contribution < 1.29 is 23.8 Å². The fraction of sp³-hybridized carbons (Fsp3) is 0.455. The summed E-state index contributed by atoms with van der Waals surface area (Å²) in [5, 5.41) is 15.5. The monoisotopic (exact) mass is 468 g/mol. The molecule has 1 N–H and O–H groups in total. The third-order valence-electron chi connectivity index (χ3n) is 5.84. The van der Waals surface area contributed by atoms with Gasteiger partial charge in [-0.05, 0) is 49.9 Å². The first-order valence-corrected chi connectivity index (χ1v) is 11.1. The van der Waals surface area contributed by atoms with Crippen LogP contribution in [0.5, 0.6) is 5.75 Å². The van der Waals surface area contributed by atoms with Crippen molar-refractivity contribution in [1.82, 2.24) is 24.8 Å². The van der Waals surface area contributed by atoms with E-state index in [2.05, 4.69) is 20.7 Å². The number of carbonyl (C=O) groups excluding carboxylic acids is 2. The first-order valence-electron chi connectivity index (χ1n) is 11.1. The van der Waals surface area contributed by atoms with Crippen molar-refractivity contribution in [3.63, 3.8) is 0 Å². The number of fused-ring (bicyclic) bond motifs is 1. The number of hydrogen-bond acceptors (Lipinski definition) is 9. The van der Waals surface area contributed by atoms with Crippen molar-refractivity contribution in [2.24, 2.45) is 0 Å². The summed E-state index contributed by atoms with van der Waals surface area (Å²) < 4.78 is 18.8. The summed E-state index contributed by atoms with van der Waals surface area (Å²) in [6, 6.07) is 6.71. The number of methoxy groups -OCH3 is 1. The molecule has 1 saturated heterocycles. The molecule has 34 heavy (non-hydrogen) atoms. The molecule has 0 bridgehead atoms. The number of ether oxygens (including phenoxy) is 3. The Labute approximate surface area is 193 Å². The number of hydrogen-bond donors (Lipinski definition) is 1. The van der Waals surface area contributed by atoms with Crippen molar-refractivity contribution in [1.29, 1.82) is 0 Å². The normalized spacial score (nSPS) is 19.8. The summed E-state index contributed by atoms with van der Waals surface area (Å²) in [4.78, 5) is 37.2. The molecule has 2 unspecified atom stereocenters. The van der Waals surface area contributed by atoms with E-state index in [1.807, 2.05) is 0 Å². The highest BCUT2D eigenvalue weighted by Gasteiger charge is 2.33. The number of carbonyl (C=O) groups is 2. The first kappa shape index (κ1) is 22.0. The third-order valence-corrected chi connectivity index (χ3v) is 5.84. The summed E-state index contributed by atoms with van der Waals surface area (Å²) in [6.45, 7) is 1.46. The van der Waals surface area contributed by atoms with E-state index in [1.54, 1.807) is 36.1 Å². The SMILES string of the molecule is COc1ccc(C(=O)Nc2nn(C3CC3)c3c(=O)n(C4CCC(COC(C)=O)O4)nnc23)cc1. The Morgan fingerprint density at radius 1 is 1.15 bits per heavy atom. The fourth-order valence-corrected chi connectivity index (χ4v) is 3.94. The zero-order valence-electron chi connectivity index (χ0n) is 18.8. The maximum Gasteiger partial charge on any atom is 0.302 e. The Hall–Kier alpha value is -3.80. The van der Waals surface area contributed by atoms with Gasteiger partial charge in [0, 0.05) is 12.5 Å². The number of amides is 1. The Morgan fingerprint density at radius 2 is 1.91 bits per heavy atom. The average molecular weight is 468 g/mol. The predicted octanol–water partition coefficient (Wildman–Crippen LogP) is 1.82. The Balaban J connectivity index is 1.43. The Kier molecular flexibility index (Phi) is 5.74. The molecule has 3 heterocycles. The number of esters is 1. The second-order valence-electron chi connectivity index (χ2n) is 8.34. The molecule has 1 saturated carbocycles. The maximum atomic E-state index is 13.4. The zero-order valence-corrected chi connectivity index (χ0v) is 18.8. The molecular weight excluding hydrogens is 444 g/mol. The highest BCUT2D eigenvalue weighted by molar-refractivity contribution is 6.07. The van der Waals surface area contributed by atoms with Gasteiger partial charge in [-0.3, -0.25) is 19.1 Å². The molecule has 1 aliphatic carbocycles. The van der Waals surface area contributed by atoms with Gasteiger partial charge in [-0.1, -0.05) is 5.21 Å². The third kappa shape index (κ3) is 4.23. The van der Waals surface area contributed by atoms with Crippen LogP contribution in [0.25, 0.3) is 11.0 Å². The molecule has 12 heteroatoms. The van der Waals surface area contributed by atoms with Gasteiger partial charge in [0.05, 0.1) is 19.3 Å². The molecule has 1 aliphatic heterocycles. The van der Waals surface area contributed by atoms with Gasteiger partial charge in [0.2, 0.25) is 0 Å². The van der Waals surface area contributed by atoms with Gasteiger partial charge in [-0.15, -0.1) is 5.10 Å². The van der Waals surface area contributed by atoms with E-state index in [0.29, 0.717) is 24.2 Å². The Bertz CT molecular complexity index is 1300. The van der Waals surface area contributed by atoms with Gasteiger partial charge >= 0.3 is 5.97 Å². The molecule has 12 nitrogen and oxygen atoms in total. The number of nitrogens with one attached hydrogen (secondary N) is 1. The number of nitrogens with zero attached hydrogens (tertiary/aromatic N) is 5. The van der Waals surface area contributed by atoms with Crippen LogP contribution in [0, 0.1) is 0 Å². The predicted molar refractivity (Wildman–Crippen MR) is 119 cm³/mol. The molecule has 178 valence electrons. The van der Waals surface area contributed by atoms with Crippen LogP contribution in [-0.2, 0) is 14.3 Å². The van der Waals surface area contributed by atoms with Gasteiger partial charge < -0.3 is 19.5 Å². The molecule has 2 aromatic heterocycles. The molecule has 2 atom stereocenters. The van der Waals surface area contributed by atoms with Gasteiger partial charge in [0.25, 0.3) is 11.5 Å². The van der Waals surface area contributed by atoms with Gasteiger partial charge in [-0.2, -0.15) is 9.78 Å². The van der Waals surface area contributed by atoms with Crippen LogP contribution in [0.1, 0.15) is 55.2 Å². The van der Waals surface area contributed by atoms with Gasteiger partial charge in [0.15, 0.2) is 23.1 Å². The highest BCUT2D eigenvalue weighted by atomic mass is 16.6. The summed E-state index contributed by atoms with van der Waals surface area (Å²) in [5.41, 5.74) is 0.515. The van der Waals surface area contributed by atoms with Gasteiger partial charge in [0.1, 0.15) is 12.4 Å². The zero-order chi connectivity index (χ0) is 23.8. The molecule has 3 aromatic rings. The quantitative estimate of drug-likeness (QED) is 0.514. The molecule has 1 aromatic carbocycles. The lowest BCUT2D eigenvalue weighted by atomic mass is 10.2. The lowest BCUT2D eigenvalue weighted by Crippen LogP contribution is -2.30. The van der Waals surface area contributed by atoms with E-state index in [0.717, 1.165) is 12.8 Å². The Morgan fingerprint density at radius 3 is 2.59 bits per heavy atom. The number of aromatic nitrogens is 5. The second kappa shape index (κ2) is 8.86. The van der Waals surface area contributed by atoms with Crippen LogP contribution < -0.4 is 15.6 Å². The van der Waals surface area contributed by atoms with Crippen LogP contribution in [0.15, 0.2) is 29.1 Å². The average Bonchev–Trinajstić information content (AvgIpc) is 3.46. The molecule has 2 fully saturated rings. The number of anilines is 1. The minimum Gasteiger partial charge on any atom is -0.497 e. The van der Waals surface area contributed by atoms with E-state index in [1.165, 1.54) is 11.6 Å². The minimum atomic E-state index is -0.621. The lowest BCUT2D eigenvalue weighted by Gasteiger charge is -2.14. The van der Waals surface area contributed by atoms with Crippen LogP contribution in [-0.4, -0.2) is 56.5 Å². The van der Waals surface area contributed by atoms with Crippen molar-refractivity contribution in [2.45, 2.75) is 51.0 Å². The van der Waals surface area contributed by atoms with E-state index in [4.69, 9.17) is 14.2 Å². The van der Waals surface area contributed by atoms with E-state index < -0.39 is 11.8 Å². The van der Waals surface area contributed by atoms with E-state index in [-0.39, 0.29) is 47.5 Å². The molecular formula is C22H24N6O6. The smallest absolute Gasteiger partial charge is 0.302 e. The summed E-state index contributed by atoms with van der Waals surface area (Å²) >= 11 is 0. The second-order valence-corrected chi connectivity index (χ2v) is 8.34. The largest absolute Gasteiger partial charge is 0.497 e. The van der Waals surface area contributed by atoms with Crippen molar-refractivity contribution >= 4 is 28.7 Å². The number of rotatable bonds is 7. The van der Waals surface area contributed by atoms with Crippen molar-refractivity contribution in [2.75, 3.05) is 19.0 Å². The fourth-order valence-electron chi connectivity index (χ4n) is 3.94. The van der Waals surface area contributed by atoms with Crippen LogP contribution in [0.3, 0.4) is 0 Å². The topological polar surface area (TPSA) is 139 Å². The molecule has 2 aliphatic rings. The summed E-state index contributed by atoms with van der Waals surface area (Å²) in [5.74, 6) is 0.0431. The van der Waals surface area contributed by atoms with Crippen LogP contribution in [0.4, 0.5) is 5.82 Å². The maximum absolute atomic E-state index is 13.4.